The second-order valence-electron chi connectivity index (χ2n) is 5.41. The van der Waals surface area contributed by atoms with E-state index < -0.39 is 6.10 Å². The summed E-state index contributed by atoms with van der Waals surface area (Å²) in [6, 6.07) is 0.261. The molecule has 0 aromatic carbocycles. The van der Waals surface area contributed by atoms with Crippen molar-refractivity contribution in [1.82, 2.24) is 14.8 Å². The van der Waals surface area contributed by atoms with Gasteiger partial charge in [0.2, 0.25) is 0 Å². The highest BCUT2D eigenvalue weighted by Gasteiger charge is 2.41. The molecule has 1 atom stereocenters. The Kier molecular flexibility index (Phi) is 4.02. The summed E-state index contributed by atoms with van der Waals surface area (Å²) in [5.74, 6) is 0.834. The number of aromatic nitrogens is 3. The maximum absolute atomic E-state index is 10.5. The van der Waals surface area contributed by atoms with Crippen molar-refractivity contribution in [1.29, 1.82) is 0 Å². The van der Waals surface area contributed by atoms with Crippen molar-refractivity contribution in [3.63, 3.8) is 0 Å². The van der Waals surface area contributed by atoms with Gasteiger partial charge in [-0.1, -0.05) is 12.8 Å². The van der Waals surface area contributed by atoms with Gasteiger partial charge in [0.25, 0.3) is 0 Å². The molecule has 1 unspecified atom stereocenters. The summed E-state index contributed by atoms with van der Waals surface area (Å²) in [6.45, 7) is 4.12. The van der Waals surface area contributed by atoms with E-state index >= 15 is 0 Å². The summed E-state index contributed by atoms with van der Waals surface area (Å²) in [7, 11) is 1.70. The summed E-state index contributed by atoms with van der Waals surface area (Å²) in [4.78, 5) is 4.25. The fraction of sp³-hybridized carbons (Fsp3) is 0.846. The van der Waals surface area contributed by atoms with Crippen molar-refractivity contribution in [2.24, 2.45) is 0 Å². The molecular formula is C13H23N3O2. The second kappa shape index (κ2) is 5.36. The van der Waals surface area contributed by atoms with Gasteiger partial charge in [0.05, 0.1) is 11.7 Å². The third kappa shape index (κ3) is 2.42. The number of ether oxygens (including phenoxy) is 1. The molecule has 5 nitrogen and oxygen atoms in total. The maximum atomic E-state index is 10.5. The van der Waals surface area contributed by atoms with Crippen LogP contribution in [0.1, 0.15) is 51.4 Å². The summed E-state index contributed by atoms with van der Waals surface area (Å²) < 4.78 is 7.46. The Hall–Kier alpha value is -0.940. The van der Waals surface area contributed by atoms with Crippen LogP contribution in [0.4, 0.5) is 0 Å². The maximum Gasteiger partial charge on any atom is 0.138 e. The zero-order valence-electron chi connectivity index (χ0n) is 11.5. The Morgan fingerprint density at radius 1 is 1.44 bits per heavy atom. The minimum Gasteiger partial charge on any atom is -0.390 e. The molecule has 1 aromatic rings. The third-order valence-corrected chi connectivity index (χ3v) is 3.98. The van der Waals surface area contributed by atoms with Crippen molar-refractivity contribution >= 4 is 0 Å². The Bertz CT molecular complexity index is 383. The van der Waals surface area contributed by atoms with Gasteiger partial charge in [-0.15, -0.1) is 0 Å². The van der Waals surface area contributed by atoms with Gasteiger partial charge in [0.15, 0.2) is 0 Å². The summed E-state index contributed by atoms with van der Waals surface area (Å²) in [5.41, 5.74) is -0.381. The van der Waals surface area contributed by atoms with E-state index in [1.165, 1.54) is 0 Å². The van der Waals surface area contributed by atoms with Crippen LogP contribution in [-0.2, 0) is 11.2 Å². The first-order valence-electron chi connectivity index (χ1n) is 6.70. The number of nitrogens with zero attached hydrogens (tertiary/aromatic N) is 3. The molecule has 1 aliphatic rings. The topological polar surface area (TPSA) is 60.2 Å². The van der Waals surface area contributed by atoms with E-state index in [0.29, 0.717) is 6.42 Å². The minimum absolute atomic E-state index is 0.261. The molecule has 0 bridgehead atoms. The molecule has 2 rings (SSSR count). The fourth-order valence-corrected chi connectivity index (χ4v) is 2.86. The molecule has 0 amide bonds. The summed E-state index contributed by atoms with van der Waals surface area (Å²) in [5, 5.41) is 14.7. The van der Waals surface area contributed by atoms with Gasteiger partial charge in [-0.3, -0.25) is 0 Å². The van der Waals surface area contributed by atoms with E-state index in [2.05, 4.69) is 23.9 Å². The Labute approximate surface area is 108 Å². The molecule has 1 fully saturated rings. The van der Waals surface area contributed by atoms with E-state index in [4.69, 9.17) is 4.74 Å². The lowest BCUT2D eigenvalue weighted by Crippen LogP contribution is -2.43. The quantitative estimate of drug-likeness (QED) is 0.868. The van der Waals surface area contributed by atoms with Crippen LogP contribution < -0.4 is 0 Å². The number of methoxy groups -OCH3 is 1. The largest absolute Gasteiger partial charge is 0.390 e. The number of aliphatic hydroxyl groups excluding tert-OH is 1. The molecule has 0 spiro atoms. The van der Waals surface area contributed by atoms with Crippen molar-refractivity contribution < 1.29 is 9.84 Å². The van der Waals surface area contributed by atoms with Crippen LogP contribution >= 0.6 is 0 Å². The van der Waals surface area contributed by atoms with Gasteiger partial charge in [-0.25, -0.2) is 9.67 Å². The molecule has 0 aliphatic heterocycles. The van der Waals surface area contributed by atoms with Gasteiger partial charge in [-0.05, 0) is 26.7 Å². The monoisotopic (exact) mass is 253 g/mol. The first kappa shape index (κ1) is 13.5. The van der Waals surface area contributed by atoms with Gasteiger partial charge < -0.3 is 9.84 Å². The fourth-order valence-electron chi connectivity index (χ4n) is 2.86. The SMILES string of the molecule is COC1(C(O)Cc2ncnn2C(C)C)CCCC1. The second-order valence-corrected chi connectivity index (χ2v) is 5.41. The standard InChI is InChI=1S/C13H23N3O2/c1-10(2)16-12(14-9-15-16)8-11(17)13(18-3)6-4-5-7-13/h9-11,17H,4-8H2,1-3H3. The summed E-state index contributed by atoms with van der Waals surface area (Å²) >= 11 is 0. The zero-order chi connectivity index (χ0) is 13.2. The van der Waals surface area contributed by atoms with Crippen LogP contribution in [0, 0.1) is 0 Å². The average Bonchev–Trinajstić information content (AvgIpc) is 2.97. The van der Waals surface area contributed by atoms with E-state index in [1.807, 2.05) is 4.68 Å². The Balaban J connectivity index is 2.10. The first-order valence-corrected chi connectivity index (χ1v) is 6.70. The molecular weight excluding hydrogens is 230 g/mol. The molecule has 1 heterocycles. The van der Waals surface area contributed by atoms with Gasteiger partial charge >= 0.3 is 0 Å². The van der Waals surface area contributed by atoms with Crippen LogP contribution in [0.3, 0.4) is 0 Å². The Morgan fingerprint density at radius 3 is 2.67 bits per heavy atom. The molecule has 1 aromatic heterocycles. The number of rotatable bonds is 5. The molecule has 0 saturated heterocycles. The molecule has 18 heavy (non-hydrogen) atoms. The lowest BCUT2D eigenvalue weighted by Gasteiger charge is -2.32. The van der Waals surface area contributed by atoms with Crippen LogP contribution in [-0.4, -0.2) is 38.7 Å². The lowest BCUT2D eigenvalue weighted by molar-refractivity contribution is -0.0980. The predicted molar refractivity (Wildman–Crippen MR) is 68.3 cm³/mol. The number of hydrogen-bond acceptors (Lipinski definition) is 4. The van der Waals surface area contributed by atoms with Crippen LogP contribution in [0.5, 0.6) is 0 Å². The number of aliphatic hydroxyl groups is 1. The molecule has 5 heteroatoms. The van der Waals surface area contributed by atoms with Crippen molar-refractivity contribution in [3.05, 3.63) is 12.2 Å². The van der Waals surface area contributed by atoms with E-state index in [9.17, 15) is 5.11 Å². The van der Waals surface area contributed by atoms with Crippen LogP contribution in [0.2, 0.25) is 0 Å². The zero-order valence-corrected chi connectivity index (χ0v) is 11.5. The van der Waals surface area contributed by atoms with E-state index in [0.717, 1.165) is 31.5 Å². The molecule has 1 N–H and O–H groups in total. The highest BCUT2D eigenvalue weighted by molar-refractivity contribution is 4.99. The lowest BCUT2D eigenvalue weighted by atomic mass is 9.92. The van der Waals surface area contributed by atoms with Gasteiger partial charge in [0.1, 0.15) is 12.2 Å². The average molecular weight is 253 g/mol. The molecule has 0 radical (unpaired) electrons. The van der Waals surface area contributed by atoms with Gasteiger partial charge in [0, 0.05) is 19.6 Å². The van der Waals surface area contributed by atoms with Crippen molar-refractivity contribution in [3.8, 4) is 0 Å². The minimum atomic E-state index is -0.508. The van der Waals surface area contributed by atoms with E-state index in [1.54, 1.807) is 13.4 Å². The normalized spacial score (nSPS) is 20.5. The smallest absolute Gasteiger partial charge is 0.138 e. The highest BCUT2D eigenvalue weighted by Crippen LogP contribution is 2.36. The number of hydrogen-bond donors (Lipinski definition) is 1. The molecule has 102 valence electrons. The van der Waals surface area contributed by atoms with E-state index in [-0.39, 0.29) is 11.6 Å². The highest BCUT2D eigenvalue weighted by atomic mass is 16.5. The van der Waals surface area contributed by atoms with Crippen LogP contribution in [0.25, 0.3) is 0 Å². The summed E-state index contributed by atoms with van der Waals surface area (Å²) in [6.07, 6.45) is 5.67. The molecule has 1 aliphatic carbocycles. The van der Waals surface area contributed by atoms with Crippen molar-refractivity contribution in [2.45, 2.75) is 63.7 Å². The van der Waals surface area contributed by atoms with Crippen LogP contribution in [0.15, 0.2) is 6.33 Å². The predicted octanol–water partition coefficient (Wildman–Crippen LogP) is 1.72. The van der Waals surface area contributed by atoms with Gasteiger partial charge in [-0.2, -0.15) is 5.10 Å². The van der Waals surface area contributed by atoms with Crippen molar-refractivity contribution in [2.75, 3.05) is 7.11 Å². The Morgan fingerprint density at radius 2 is 2.11 bits per heavy atom. The third-order valence-electron chi connectivity index (χ3n) is 3.98. The molecule has 1 saturated carbocycles. The first-order chi connectivity index (χ1) is 8.59.